The molecule has 1 fully saturated rings. The highest BCUT2D eigenvalue weighted by Gasteiger charge is 2.39. The molecule has 2 heterocycles. The molecule has 0 saturated carbocycles. The Hall–Kier alpha value is -2.05. The predicted molar refractivity (Wildman–Crippen MR) is 119 cm³/mol. The number of Topliss-reactive ketones (excluding diaryl/α,β-unsaturated/α-hetero) is 1. The summed E-state index contributed by atoms with van der Waals surface area (Å²) in [4.78, 5) is 32.0. The first kappa shape index (κ1) is 22.6. The molecule has 1 aromatic heterocycles. The Kier molecular flexibility index (Phi) is 8.16. The molecule has 2 aromatic rings. The summed E-state index contributed by atoms with van der Waals surface area (Å²) in [5, 5.41) is 13.1. The van der Waals surface area contributed by atoms with Gasteiger partial charge in [0.2, 0.25) is 5.91 Å². The molecule has 1 aromatic carbocycles. The van der Waals surface area contributed by atoms with Gasteiger partial charge in [0.1, 0.15) is 5.78 Å². The van der Waals surface area contributed by atoms with Gasteiger partial charge in [-0.05, 0) is 24.8 Å². The number of aromatic nitrogens is 1. The van der Waals surface area contributed by atoms with Crippen LogP contribution in [0.15, 0.2) is 41.9 Å². The van der Waals surface area contributed by atoms with Gasteiger partial charge in [0.25, 0.3) is 0 Å². The fourth-order valence-corrected chi connectivity index (χ4v) is 5.35. The number of likely N-dealkylation sites (tertiary alicyclic amines) is 1. The normalized spacial score (nSPS) is 19.4. The monoisotopic (exact) mass is 428 g/mol. The lowest BCUT2D eigenvalue weighted by Gasteiger charge is -2.34. The van der Waals surface area contributed by atoms with Crippen LogP contribution in [-0.4, -0.2) is 45.9 Å². The first-order valence-corrected chi connectivity index (χ1v) is 11.8. The van der Waals surface area contributed by atoms with Crippen LogP contribution in [0.2, 0.25) is 0 Å². The summed E-state index contributed by atoms with van der Waals surface area (Å²) in [5.74, 6) is -0.243. The summed E-state index contributed by atoms with van der Waals surface area (Å²) >= 11 is 1.59. The van der Waals surface area contributed by atoms with E-state index in [-0.39, 0.29) is 42.1 Å². The largest absolute Gasteiger partial charge is 0.396 e. The molecule has 0 bridgehead atoms. The van der Waals surface area contributed by atoms with E-state index in [0.29, 0.717) is 12.8 Å². The van der Waals surface area contributed by atoms with E-state index in [1.54, 1.807) is 17.5 Å². The number of hydrogen-bond donors (Lipinski definition) is 1. The molecule has 162 valence electrons. The number of nitrogens with zero attached hydrogens (tertiary/aromatic N) is 2. The van der Waals surface area contributed by atoms with Crippen LogP contribution in [0.1, 0.15) is 56.0 Å². The molecule has 4 atom stereocenters. The molecule has 0 spiro atoms. The highest BCUT2D eigenvalue weighted by molar-refractivity contribution is 7.09. The average Bonchev–Trinajstić information content (AvgIpc) is 3.46. The lowest BCUT2D eigenvalue weighted by atomic mass is 9.80. The molecular formula is C24H32N2O3S. The van der Waals surface area contributed by atoms with Crippen molar-refractivity contribution < 1.29 is 14.7 Å². The average molecular weight is 429 g/mol. The van der Waals surface area contributed by atoms with E-state index >= 15 is 0 Å². The second-order valence-corrected chi connectivity index (χ2v) is 9.14. The minimum Gasteiger partial charge on any atom is -0.396 e. The highest BCUT2D eigenvalue weighted by Crippen LogP contribution is 2.33. The third-order valence-electron chi connectivity index (χ3n) is 6.35. The number of ketones is 1. The second kappa shape index (κ2) is 10.8. The van der Waals surface area contributed by atoms with Crippen LogP contribution < -0.4 is 0 Å². The molecule has 1 aliphatic heterocycles. The number of aliphatic hydroxyl groups is 1. The lowest BCUT2D eigenvalue weighted by molar-refractivity contribution is -0.135. The van der Waals surface area contributed by atoms with E-state index < -0.39 is 0 Å². The van der Waals surface area contributed by atoms with Gasteiger partial charge in [0.15, 0.2) is 0 Å². The Labute approximate surface area is 183 Å². The highest BCUT2D eigenvalue weighted by atomic mass is 32.1. The maximum Gasteiger partial charge on any atom is 0.222 e. The summed E-state index contributed by atoms with van der Waals surface area (Å²) in [6, 6.07) is 10.1. The molecule has 1 saturated heterocycles. The summed E-state index contributed by atoms with van der Waals surface area (Å²) in [7, 11) is 0. The van der Waals surface area contributed by atoms with Crippen LogP contribution in [0.25, 0.3) is 0 Å². The molecule has 1 aliphatic rings. The smallest absolute Gasteiger partial charge is 0.222 e. The molecule has 1 amide bonds. The lowest BCUT2D eigenvalue weighted by Crippen LogP contribution is -2.45. The first-order valence-electron chi connectivity index (χ1n) is 10.9. The Morgan fingerprint density at radius 2 is 2.07 bits per heavy atom. The summed E-state index contributed by atoms with van der Waals surface area (Å²) in [6.07, 6.45) is 5.20. The topological polar surface area (TPSA) is 70.5 Å². The first-order chi connectivity index (χ1) is 14.5. The summed E-state index contributed by atoms with van der Waals surface area (Å²) in [5.41, 5.74) is 1.19. The van der Waals surface area contributed by atoms with Crippen molar-refractivity contribution in [3.63, 3.8) is 0 Å². The second-order valence-electron chi connectivity index (χ2n) is 8.21. The number of carbonyl (C=O) groups excluding carboxylic acids is 2. The molecule has 30 heavy (non-hydrogen) atoms. The number of amides is 1. The molecule has 0 aliphatic carbocycles. The minimum atomic E-state index is -0.302. The van der Waals surface area contributed by atoms with Crippen molar-refractivity contribution >= 4 is 23.0 Å². The molecular weight excluding hydrogens is 396 g/mol. The minimum absolute atomic E-state index is 0.0265. The fraction of sp³-hybridized carbons (Fsp3) is 0.542. The number of carbonyl (C=O) groups is 2. The predicted octanol–water partition coefficient (Wildman–Crippen LogP) is 4.07. The van der Waals surface area contributed by atoms with Gasteiger partial charge in [-0.25, -0.2) is 4.98 Å². The van der Waals surface area contributed by atoms with Crippen LogP contribution in [0.4, 0.5) is 0 Å². The van der Waals surface area contributed by atoms with Crippen LogP contribution in [0.5, 0.6) is 0 Å². The van der Waals surface area contributed by atoms with Gasteiger partial charge in [-0.2, -0.15) is 0 Å². The molecule has 3 rings (SSSR count). The third kappa shape index (κ3) is 5.35. The van der Waals surface area contributed by atoms with Crippen molar-refractivity contribution in [2.24, 2.45) is 11.8 Å². The third-order valence-corrected chi connectivity index (χ3v) is 7.29. The van der Waals surface area contributed by atoms with E-state index in [9.17, 15) is 14.7 Å². The van der Waals surface area contributed by atoms with Gasteiger partial charge in [-0.3, -0.25) is 9.59 Å². The van der Waals surface area contributed by atoms with Gasteiger partial charge in [0, 0.05) is 61.4 Å². The van der Waals surface area contributed by atoms with Crippen molar-refractivity contribution in [2.45, 2.75) is 57.9 Å². The van der Waals surface area contributed by atoms with E-state index in [4.69, 9.17) is 0 Å². The Morgan fingerprint density at radius 1 is 1.30 bits per heavy atom. The maximum atomic E-state index is 13.3. The number of aliphatic hydroxyl groups excluding tert-OH is 1. The van der Waals surface area contributed by atoms with Gasteiger partial charge in [-0.15, -0.1) is 11.3 Å². The standard InChI is InChI=1S/C24H32N2O3S/c1-3-23(29)26-12-7-10-21(26)20(16-27)17(2)22(28)15-19(24-25-11-13-30-24)14-18-8-5-4-6-9-18/h4-6,8-9,11,13,17,19-21,27H,3,7,10,12,14-16H2,1-2H3/t17-,19-,20-,21+/m1/s1. The Bertz CT molecular complexity index is 809. The fourth-order valence-electron chi connectivity index (χ4n) is 4.61. The van der Waals surface area contributed by atoms with E-state index in [2.05, 4.69) is 17.1 Å². The van der Waals surface area contributed by atoms with Crippen LogP contribution in [0.3, 0.4) is 0 Å². The SMILES string of the molecule is CCC(=O)N1CCC[C@H]1[C@H](CO)[C@@H](C)C(=O)C[C@@H](Cc1ccccc1)c1nccs1. The number of thiazole rings is 1. The van der Waals surface area contributed by atoms with E-state index in [0.717, 1.165) is 30.8 Å². The molecule has 6 heteroatoms. The van der Waals surface area contributed by atoms with Crippen molar-refractivity contribution in [3.05, 3.63) is 52.5 Å². The van der Waals surface area contributed by atoms with Gasteiger partial charge in [-0.1, -0.05) is 44.2 Å². The zero-order valence-corrected chi connectivity index (χ0v) is 18.7. The van der Waals surface area contributed by atoms with E-state index in [1.165, 1.54) is 5.56 Å². The zero-order chi connectivity index (χ0) is 21.5. The summed E-state index contributed by atoms with van der Waals surface area (Å²) < 4.78 is 0. The molecule has 0 unspecified atom stereocenters. The quantitative estimate of drug-likeness (QED) is 0.619. The zero-order valence-electron chi connectivity index (χ0n) is 17.9. The molecule has 5 nitrogen and oxygen atoms in total. The van der Waals surface area contributed by atoms with Crippen molar-refractivity contribution in [3.8, 4) is 0 Å². The van der Waals surface area contributed by atoms with Crippen molar-refractivity contribution in [2.75, 3.05) is 13.2 Å². The van der Waals surface area contributed by atoms with Crippen LogP contribution in [0, 0.1) is 11.8 Å². The van der Waals surface area contributed by atoms with Crippen molar-refractivity contribution in [1.29, 1.82) is 0 Å². The Balaban J connectivity index is 1.73. The van der Waals surface area contributed by atoms with Crippen LogP contribution in [-0.2, 0) is 16.0 Å². The van der Waals surface area contributed by atoms with E-state index in [1.807, 2.05) is 42.3 Å². The van der Waals surface area contributed by atoms with Crippen LogP contribution >= 0.6 is 11.3 Å². The van der Waals surface area contributed by atoms with Gasteiger partial charge >= 0.3 is 0 Å². The Morgan fingerprint density at radius 3 is 2.70 bits per heavy atom. The molecule has 1 N–H and O–H groups in total. The van der Waals surface area contributed by atoms with Gasteiger partial charge in [0.05, 0.1) is 5.01 Å². The molecule has 0 radical (unpaired) electrons. The maximum absolute atomic E-state index is 13.3. The number of benzene rings is 1. The number of hydrogen-bond acceptors (Lipinski definition) is 5. The number of rotatable bonds is 10. The van der Waals surface area contributed by atoms with Gasteiger partial charge < -0.3 is 10.0 Å². The van der Waals surface area contributed by atoms with Crippen molar-refractivity contribution in [1.82, 2.24) is 9.88 Å². The summed E-state index contributed by atoms with van der Waals surface area (Å²) in [6.45, 7) is 4.43.